The smallest absolute Gasteiger partial charge is 0.136 e. The van der Waals surface area contributed by atoms with Crippen molar-refractivity contribution in [1.29, 1.82) is 0 Å². The van der Waals surface area contributed by atoms with Gasteiger partial charge in [-0.05, 0) is 37.1 Å². The minimum absolute atomic E-state index is 0.490. The Hall–Kier alpha value is -2.66. The number of aromatic nitrogens is 4. The molecule has 0 amide bonds. The highest BCUT2D eigenvalue weighted by Crippen LogP contribution is 2.20. The molecule has 0 atom stereocenters. The Labute approximate surface area is 159 Å². The van der Waals surface area contributed by atoms with Crippen molar-refractivity contribution in [2.75, 3.05) is 0 Å². The van der Waals surface area contributed by atoms with E-state index in [2.05, 4.69) is 59.4 Å². The first-order chi connectivity index (χ1) is 13.3. The number of hydrogen-bond donors (Lipinski definition) is 0. The second-order valence-electron chi connectivity index (χ2n) is 6.83. The molecule has 27 heavy (non-hydrogen) atoms. The molecule has 0 saturated carbocycles. The highest BCUT2D eigenvalue weighted by Gasteiger charge is 2.12. The van der Waals surface area contributed by atoms with E-state index in [-0.39, 0.29) is 0 Å². The van der Waals surface area contributed by atoms with Crippen LogP contribution in [-0.4, -0.2) is 19.1 Å². The summed E-state index contributed by atoms with van der Waals surface area (Å²) in [6.45, 7) is 7.26. The second-order valence-corrected chi connectivity index (χ2v) is 6.83. The molecule has 0 radical (unpaired) electrons. The first-order valence-electron chi connectivity index (χ1n) is 9.77. The topological polar surface area (TPSA) is 44.9 Å². The lowest BCUT2D eigenvalue weighted by Gasteiger charge is -2.10. The molecule has 0 saturated heterocycles. The molecule has 0 unspecified atom stereocenters. The predicted molar refractivity (Wildman–Crippen MR) is 109 cm³/mol. The van der Waals surface area contributed by atoms with Crippen LogP contribution in [0, 0.1) is 0 Å². The minimum Gasteiger partial charge on any atom is -0.366 e. The van der Waals surface area contributed by atoms with Gasteiger partial charge in [0.1, 0.15) is 24.9 Å². The van der Waals surface area contributed by atoms with Gasteiger partial charge in [0.15, 0.2) is 0 Å². The normalized spacial score (nSPS) is 11.6. The average molecular weight is 362 g/mol. The molecule has 5 heteroatoms. The molecule has 0 N–H and O–H groups in total. The van der Waals surface area contributed by atoms with Gasteiger partial charge < -0.3 is 13.9 Å². The Bertz CT molecular complexity index is 963. The fourth-order valence-electron chi connectivity index (χ4n) is 3.65. The molecule has 0 aliphatic heterocycles. The summed E-state index contributed by atoms with van der Waals surface area (Å²) >= 11 is 0. The summed E-state index contributed by atoms with van der Waals surface area (Å²) in [5, 5.41) is 0. The first-order valence-corrected chi connectivity index (χ1v) is 9.77. The maximum atomic E-state index is 6.07. The van der Waals surface area contributed by atoms with E-state index >= 15 is 0 Å². The van der Waals surface area contributed by atoms with Gasteiger partial charge in [0.05, 0.1) is 22.1 Å². The van der Waals surface area contributed by atoms with E-state index in [4.69, 9.17) is 14.7 Å². The molecule has 140 valence electrons. The van der Waals surface area contributed by atoms with Gasteiger partial charge in [0, 0.05) is 13.1 Å². The lowest BCUT2D eigenvalue weighted by Crippen LogP contribution is -2.08. The summed E-state index contributed by atoms with van der Waals surface area (Å²) in [7, 11) is 0. The van der Waals surface area contributed by atoms with E-state index < -0.39 is 0 Å². The third-order valence-corrected chi connectivity index (χ3v) is 4.82. The Kier molecular flexibility index (Phi) is 5.21. The number of benzene rings is 2. The van der Waals surface area contributed by atoms with Crippen LogP contribution in [0.3, 0.4) is 0 Å². The summed E-state index contributed by atoms with van der Waals surface area (Å²) in [6, 6.07) is 16.6. The van der Waals surface area contributed by atoms with Crippen molar-refractivity contribution in [2.45, 2.75) is 53.0 Å². The summed E-state index contributed by atoms with van der Waals surface area (Å²) in [6.07, 6.45) is 2.14. The molecule has 0 bridgehead atoms. The van der Waals surface area contributed by atoms with Gasteiger partial charge in [-0.15, -0.1) is 0 Å². The zero-order valence-electron chi connectivity index (χ0n) is 16.1. The minimum atomic E-state index is 0.490. The van der Waals surface area contributed by atoms with Crippen molar-refractivity contribution < 1.29 is 4.74 Å². The third kappa shape index (κ3) is 3.47. The number of rotatable bonds is 8. The maximum absolute atomic E-state index is 6.07. The van der Waals surface area contributed by atoms with E-state index in [9.17, 15) is 0 Å². The van der Waals surface area contributed by atoms with Gasteiger partial charge in [0.25, 0.3) is 0 Å². The van der Waals surface area contributed by atoms with Crippen molar-refractivity contribution in [3.05, 3.63) is 60.2 Å². The van der Waals surface area contributed by atoms with Crippen LogP contribution in [0.15, 0.2) is 48.5 Å². The number of imidazole rings is 2. The average Bonchev–Trinajstić information content (AvgIpc) is 3.21. The Morgan fingerprint density at radius 1 is 0.704 bits per heavy atom. The van der Waals surface area contributed by atoms with Gasteiger partial charge in [-0.25, -0.2) is 9.97 Å². The van der Waals surface area contributed by atoms with Crippen LogP contribution in [0.25, 0.3) is 22.1 Å². The van der Waals surface area contributed by atoms with E-state index in [0.717, 1.165) is 48.6 Å². The lowest BCUT2D eigenvalue weighted by molar-refractivity contribution is 0.0925. The quantitative estimate of drug-likeness (QED) is 0.447. The zero-order chi connectivity index (χ0) is 18.6. The van der Waals surface area contributed by atoms with Crippen LogP contribution in [0.2, 0.25) is 0 Å². The predicted octanol–water partition coefficient (Wildman–Crippen LogP) is 4.92. The molecular weight excluding hydrogens is 336 g/mol. The largest absolute Gasteiger partial charge is 0.366 e. The number of nitrogens with zero attached hydrogens (tertiary/aromatic N) is 4. The summed E-state index contributed by atoms with van der Waals surface area (Å²) < 4.78 is 10.6. The van der Waals surface area contributed by atoms with Crippen molar-refractivity contribution in [1.82, 2.24) is 19.1 Å². The van der Waals surface area contributed by atoms with Crippen LogP contribution in [0.1, 0.15) is 38.3 Å². The van der Waals surface area contributed by atoms with Gasteiger partial charge in [-0.1, -0.05) is 38.1 Å². The molecule has 0 aliphatic carbocycles. The number of para-hydroxylation sites is 4. The molecule has 2 aromatic heterocycles. The first kappa shape index (κ1) is 17.7. The fourth-order valence-corrected chi connectivity index (χ4v) is 3.65. The molecule has 0 aliphatic rings. The number of hydrogen-bond acceptors (Lipinski definition) is 3. The second kappa shape index (κ2) is 7.92. The van der Waals surface area contributed by atoms with Crippen molar-refractivity contribution in [2.24, 2.45) is 0 Å². The van der Waals surface area contributed by atoms with Gasteiger partial charge >= 0.3 is 0 Å². The number of fused-ring (bicyclic) bond motifs is 2. The van der Waals surface area contributed by atoms with Gasteiger partial charge in [-0.3, -0.25) is 0 Å². The number of aryl methyl sites for hydroxylation is 2. The van der Waals surface area contributed by atoms with Crippen molar-refractivity contribution >= 4 is 22.1 Å². The number of ether oxygens (including phenoxy) is 1. The fraction of sp³-hybridized carbons (Fsp3) is 0.364. The Morgan fingerprint density at radius 3 is 1.59 bits per heavy atom. The van der Waals surface area contributed by atoms with Crippen molar-refractivity contribution in [3.63, 3.8) is 0 Å². The highest BCUT2D eigenvalue weighted by atomic mass is 16.5. The molecule has 5 nitrogen and oxygen atoms in total. The lowest BCUT2D eigenvalue weighted by atomic mass is 10.3. The molecule has 4 aromatic rings. The Balaban J connectivity index is 1.55. The van der Waals surface area contributed by atoms with Crippen molar-refractivity contribution in [3.8, 4) is 0 Å². The van der Waals surface area contributed by atoms with E-state index in [1.165, 1.54) is 11.0 Å². The molecule has 4 rings (SSSR count). The van der Waals surface area contributed by atoms with Gasteiger partial charge in [0.2, 0.25) is 0 Å². The standard InChI is InChI=1S/C22H26N4O/c1-3-13-25-19-11-7-5-9-17(19)23-21(25)15-27-16-22-24-18-10-6-8-12-20(18)26(22)14-4-2/h5-12H,3-4,13-16H2,1-2H3. The molecule has 0 fully saturated rings. The van der Waals surface area contributed by atoms with Crippen LogP contribution >= 0.6 is 0 Å². The van der Waals surface area contributed by atoms with E-state index in [1.807, 2.05) is 12.1 Å². The molecule has 0 spiro atoms. The van der Waals surface area contributed by atoms with Gasteiger partial charge in [-0.2, -0.15) is 0 Å². The summed E-state index contributed by atoms with van der Waals surface area (Å²) in [5.74, 6) is 1.97. The molecule has 2 aromatic carbocycles. The molecular formula is C22H26N4O. The van der Waals surface area contributed by atoms with E-state index in [0.29, 0.717) is 13.2 Å². The van der Waals surface area contributed by atoms with Crippen LogP contribution in [0.5, 0.6) is 0 Å². The Morgan fingerprint density at radius 2 is 1.15 bits per heavy atom. The zero-order valence-corrected chi connectivity index (χ0v) is 16.1. The third-order valence-electron chi connectivity index (χ3n) is 4.82. The van der Waals surface area contributed by atoms with Crippen LogP contribution in [-0.2, 0) is 31.0 Å². The SMILES string of the molecule is CCCn1c(COCc2nc3ccccc3n2CCC)nc2ccccc21. The monoisotopic (exact) mass is 362 g/mol. The van der Waals surface area contributed by atoms with Crippen LogP contribution < -0.4 is 0 Å². The maximum Gasteiger partial charge on any atom is 0.136 e. The summed E-state index contributed by atoms with van der Waals surface area (Å²) in [4.78, 5) is 9.55. The highest BCUT2D eigenvalue weighted by molar-refractivity contribution is 5.76. The molecule has 2 heterocycles. The van der Waals surface area contributed by atoms with Crippen LogP contribution in [0.4, 0.5) is 0 Å². The summed E-state index contributed by atoms with van der Waals surface area (Å²) in [5.41, 5.74) is 4.41. The van der Waals surface area contributed by atoms with E-state index in [1.54, 1.807) is 0 Å².